The van der Waals surface area contributed by atoms with Crippen LogP contribution in [0.3, 0.4) is 0 Å². The Balaban J connectivity index is 1.33. The van der Waals surface area contributed by atoms with Crippen LogP contribution < -0.4 is 5.32 Å². The van der Waals surface area contributed by atoms with Crippen molar-refractivity contribution in [1.82, 2.24) is 15.1 Å². The lowest BCUT2D eigenvalue weighted by atomic mass is 10.0. The zero-order valence-electron chi connectivity index (χ0n) is 22.3. The van der Waals surface area contributed by atoms with E-state index >= 15 is 0 Å². The van der Waals surface area contributed by atoms with E-state index in [1.807, 2.05) is 59.2 Å². The molecule has 2 saturated heterocycles. The van der Waals surface area contributed by atoms with Crippen LogP contribution in [0.4, 0.5) is 0 Å². The van der Waals surface area contributed by atoms with Crippen LogP contribution >= 0.6 is 11.6 Å². The second-order valence-corrected chi connectivity index (χ2v) is 10.7. The van der Waals surface area contributed by atoms with E-state index < -0.39 is 0 Å². The first-order valence-corrected chi connectivity index (χ1v) is 13.9. The number of carbonyl (C=O) groups excluding carboxylic acids is 2. The Morgan fingerprint density at radius 2 is 1.84 bits per heavy atom. The maximum Gasteiger partial charge on any atom is 0.251 e. The van der Waals surface area contributed by atoms with Crippen molar-refractivity contribution in [2.24, 2.45) is 0 Å². The standard InChI is InChI=1S/C32H38ClN3O2/c1-4-5-6-7-10-23(2)19-29-11-8-18-36(29)31(37)22-35-17-9-12-30(24(35)3)34-32(38)27-14-13-26-21-28(33)16-15-25(26)20-27/h4-5,7,10,13-16,20-21,29-30H,2-3,6,8-9,11-12,17-19,22H2,1H3,(H,34,38)/b5-4-,10-7-/t29?,30-/m0/s1. The van der Waals surface area contributed by atoms with Crippen molar-refractivity contribution in [2.75, 3.05) is 19.6 Å². The molecule has 200 valence electrons. The molecule has 0 saturated carbocycles. The predicted octanol–water partition coefficient (Wildman–Crippen LogP) is 6.66. The first kappa shape index (κ1) is 27.7. The van der Waals surface area contributed by atoms with Gasteiger partial charge in [-0.25, -0.2) is 0 Å². The van der Waals surface area contributed by atoms with Crippen molar-refractivity contribution in [3.63, 3.8) is 0 Å². The van der Waals surface area contributed by atoms with Crippen molar-refractivity contribution >= 4 is 34.2 Å². The number of carbonyl (C=O) groups is 2. The van der Waals surface area contributed by atoms with Crippen LogP contribution in [0.15, 0.2) is 85.1 Å². The summed E-state index contributed by atoms with van der Waals surface area (Å²) < 4.78 is 0. The normalized spacial score (nSPS) is 20.1. The van der Waals surface area contributed by atoms with Gasteiger partial charge in [0.15, 0.2) is 0 Å². The van der Waals surface area contributed by atoms with E-state index in [4.69, 9.17) is 11.6 Å². The molecule has 2 aliphatic rings. The maximum atomic E-state index is 13.3. The number of hydrogen-bond donors (Lipinski definition) is 1. The molecule has 2 heterocycles. The number of benzene rings is 2. The Labute approximate surface area is 231 Å². The van der Waals surface area contributed by atoms with E-state index in [0.29, 0.717) is 17.1 Å². The molecule has 2 amide bonds. The minimum absolute atomic E-state index is 0.125. The SMILES string of the molecule is C=C(/C=C\C/C=C\C)CC1CCCN1C(=O)CN1CCC[C@H](NC(=O)c2ccc3cc(Cl)ccc3c2)C1=C. The lowest BCUT2D eigenvalue weighted by molar-refractivity contribution is -0.133. The van der Waals surface area contributed by atoms with Gasteiger partial charge in [-0.2, -0.15) is 0 Å². The van der Waals surface area contributed by atoms with Gasteiger partial charge in [-0.1, -0.05) is 66.8 Å². The van der Waals surface area contributed by atoms with Gasteiger partial charge in [0.1, 0.15) is 0 Å². The van der Waals surface area contributed by atoms with Gasteiger partial charge in [-0.05, 0) is 80.5 Å². The van der Waals surface area contributed by atoms with E-state index in [-0.39, 0.29) is 23.9 Å². The van der Waals surface area contributed by atoms with Gasteiger partial charge < -0.3 is 15.1 Å². The highest BCUT2D eigenvalue weighted by Crippen LogP contribution is 2.26. The predicted molar refractivity (Wildman–Crippen MR) is 157 cm³/mol. The van der Waals surface area contributed by atoms with Crippen molar-refractivity contribution in [3.8, 4) is 0 Å². The van der Waals surface area contributed by atoms with Gasteiger partial charge in [0, 0.05) is 35.4 Å². The van der Waals surface area contributed by atoms with Gasteiger partial charge >= 0.3 is 0 Å². The largest absolute Gasteiger partial charge is 0.364 e. The van der Waals surface area contributed by atoms with Gasteiger partial charge in [-0.3, -0.25) is 9.59 Å². The van der Waals surface area contributed by atoms with E-state index in [1.165, 1.54) is 0 Å². The molecule has 0 radical (unpaired) electrons. The number of fused-ring (bicyclic) bond motifs is 1. The topological polar surface area (TPSA) is 52.7 Å². The van der Waals surface area contributed by atoms with Crippen LogP contribution in [-0.2, 0) is 4.79 Å². The molecule has 1 unspecified atom stereocenters. The summed E-state index contributed by atoms with van der Waals surface area (Å²) in [4.78, 5) is 30.5. The average Bonchev–Trinajstić information content (AvgIpc) is 3.36. The highest BCUT2D eigenvalue weighted by atomic mass is 35.5. The number of rotatable bonds is 9. The molecule has 0 aliphatic carbocycles. The van der Waals surface area contributed by atoms with Crippen LogP contribution in [0, 0.1) is 0 Å². The van der Waals surface area contributed by atoms with Crippen molar-refractivity contribution in [3.05, 3.63) is 95.7 Å². The summed E-state index contributed by atoms with van der Waals surface area (Å²) in [6.45, 7) is 12.3. The summed E-state index contributed by atoms with van der Waals surface area (Å²) in [6.07, 6.45) is 13.8. The lowest BCUT2D eigenvalue weighted by Gasteiger charge is -2.38. The molecule has 2 aromatic rings. The quantitative estimate of drug-likeness (QED) is 0.291. The number of piperidine rings is 1. The van der Waals surface area contributed by atoms with Gasteiger partial charge in [0.25, 0.3) is 5.91 Å². The second kappa shape index (κ2) is 13.0. The third-order valence-electron chi connectivity index (χ3n) is 7.48. The van der Waals surface area contributed by atoms with Crippen molar-refractivity contribution in [1.29, 1.82) is 0 Å². The third kappa shape index (κ3) is 6.96. The van der Waals surface area contributed by atoms with E-state index in [9.17, 15) is 9.59 Å². The number of amides is 2. The first-order chi connectivity index (χ1) is 18.4. The highest BCUT2D eigenvalue weighted by molar-refractivity contribution is 6.31. The molecule has 1 N–H and O–H groups in total. The molecule has 0 bridgehead atoms. The van der Waals surface area contributed by atoms with Gasteiger partial charge in [0.05, 0.1) is 12.6 Å². The fraction of sp³-hybridized carbons (Fsp3) is 0.375. The fourth-order valence-electron chi connectivity index (χ4n) is 5.40. The van der Waals surface area contributed by atoms with Gasteiger partial charge in [-0.15, -0.1) is 0 Å². The third-order valence-corrected chi connectivity index (χ3v) is 7.72. The zero-order chi connectivity index (χ0) is 27.1. The maximum absolute atomic E-state index is 13.3. The molecule has 0 spiro atoms. The van der Waals surface area contributed by atoms with Crippen molar-refractivity contribution < 1.29 is 9.59 Å². The molecule has 2 aromatic carbocycles. The highest BCUT2D eigenvalue weighted by Gasteiger charge is 2.32. The number of nitrogens with one attached hydrogen (secondary N) is 1. The fourth-order valence-corrected chi connectivity index (χ4v) is 5.58. The molecule has 5 nitrogen and oxygen atoms in total. The van der Waals surface area contributed by atoms with Crippen LogP contribution in [-0.4, -0.2) is 53.3 Å². The molecule has 2 aliphatic heterocycles. The summed E-state index contributed by atoms with van der Waals surface area (Å²) >= 11 is 6.09. The van der Waals surface area contributed by atoms with Crippen LogP contribution in [0.5, 0.6) is 0 Å². The number of likely N-dealkylation sites (tertiary alicyclic amines) is 2. The molecule has 4 rings (SSSR count). The summed E-state index contributed by atoms with van der Waals surface area (Å²) in [6, 6.07) is 11.2. The smallest absolute Gasteiger partial charge is 0.251 e. The van der Waals surface area contributed by atoms with Crippen LogP contribution in [0.1, 0.15) is 55.8 Å². The van der Waals surface area contributed by atoms with Crippen molar-refractivity contribution in [2.45, 2.75) is 57.5 Å². The molecular weight excluding hydrogens is 494 g/mol. The number of allylic oxidation sites excluding steroid dienone is 4. The Kier molecular flexibility index (Phi) is 9.46. The Bertz CT molecular complexity index is 1260. The van der Waals surface area contributed by atoms with Crippen LogP contribution in [0.25, 0.3) is 10.8 Å². The summed E-state index contributed by atoms with van der Waals surface area (Å²) in [5.74, 6) is -0.0127. The van der Waals surface area contributed by atoms with E-state index in [0.717, 1.165) is 73.7 Å². The molecule has 2 atom stereocenters. The molecule has 6 heteroatoms. The average molecular weight is 532 g/mol. The second-order valence-electron chi connectivity index (χ2n) is 10.2. The number of halogens is 1. The number of nitrogens with zero attached hydrogens (tertiary/aromatic N) is 2. The molecule has 2 fully saturated rings. The lowest BCUT2D eigenvalue weighted by Crippen LogP contribution is -2.49. The summed E-state index contributed by atoms with van der Waals surface area (Å²) in [7, 11) is 0. The minimum Gasteiger partial charge on any atom is -0.364 e. The first-order valence-electron chi connectivity index (χ1n) is 13.5. The van der Waals surface area contributed by atoms with E-state index in [2.05, 4.69) is 36.7 Å². The molecular formula is C32H38ClN3O2. The molecule has 0 aromatic heterocycles. The summed E-state index contributed by atoms with van der Waals surface area (Å²) in [5.41, 5.74) is 2.46. The summed E-state index contributed by atoms with van der Waals surface area (Å²) in [5, 5.41) is 5.77. The Morgan fingerprint density at radius 3 is 2.66 bits per heavy atom. The minimum atomic E-state index is -0.193. The Morgan fingerprint density at radius 1 is 1.08 bits per heavy atom. The monoisotopic (exact) mass is 531 g/mol. The van der Waals surface area contributed by atoms with Crippen LogP contribution in [0.2, 0.25) is 5.02 Å². The zero-order valence-corrected chi connectivity index (χ0v) is 23.1. The van der Waals surface area contributed by atoms with Gasteiger partial charge in [0.2, 0.25) is 5.91 Å². The molecule has 38 heavy (non-hydrogen) atoms. The van der Waals surface area contributed by atoms with E-state index in [1.54, 1.807) is 0 Å². The number of hydrogen-bond acceptors (Lipinski definition) is 3. The Hall–Kier alpha value is -3.31.